The third-order valence-corrected chi connectivity index (χ3v) is 2.37. The van der Waals surface area contributed by atoms with Crippen molar-refractivity contribution >= 4 is 22.5 Å². The minimum atomic E-state index is 0.404. The molecule has 3 heteroatoms. The van der Waals surface area contributed by atoms with E-state index in [1.165, 1.54) is 0 Å². The molecule has 0 aliphatic rings. The molecule has 68 valence electrons. The van der Waals surface area contributed by atoms with Crippen LogP contribution >= 0.6 is 11.6 Å². The highest BCUT2D eigenvalue weighted by Crippen LogP contribution is 2.22. The Bertz CT molecular complexity index is 514. The Morgan fingerprint density at radius 3 is 3.00 bits per heavy atom. The lowest BCUT2D eigenvalue weighted by atomic mass is 10.1. The Morgan fingerprint density at radius 2 is 2.21 bits per heavy atom. The molecule has 1 aromatic heterocycles. The van der Waals surface area contributed by atoms with Crippen LogP contribution in [-0.2, 0) is 6.42 Å². The first kappa shape index (κ1) is 8.98. The van der Waals surface area contributed by atoms with Gasteiger partial charge < -0.3 is 0 Å². The van der Waals surface area contributed by atoms with E-state index in [4.69, 9.17) is 16.9 Å². The van der Waals surface area contributed by atoms with E-state index in [-0.39, 0.29) is 0 Å². The molecule has 0 spiro atoms. The van der Waals surface area contributed by atoms with E-state index in [0.29, 0.717) is 11.4 Å². The fraction of sp³-hybridized carbons (Fsp3) is 0.0909. The topological polar surface area (TPSA) is 36.7 Å². The predicted molar refractivity (Wildman–Crippen MR) is 56.1 cm³/mol. The average Bonchev–Trinajstić information content (AvgIpc) is 2.20. The zero-order chi connectivity index (χ0) is 9.97. The van der Waals surface area contributed by atoms with Crippen LogP contribution in [0.3, 0.4) is 0 Å². The summed E-state index contributed by atoms with van der Waals surface area (Å²) in [6.45, 7) is 0. The minimum absolute atomic E-state index is 0.404. The maximum Gasteiger partial charge on any atom is 0.0717 e. The SMILES string of the molecule is N#CCc1ccc2nccc(Cl)c2c1. The van der Waals surface area contributed by atoms with Gasteiger partial charge in [-0.2, -0.15) is 5.26 Å². The molecule has 0 saturated heterocycles. The quantitative estimate of drug-likeness (QED) is 0.713. The number of rotatable bonds is 1. The molecule has 0 fully saturated rings. The zero-order valence-electron chi connectivity index (χ0n) is 7.37. The number of nitrogens with zero attached hydrogens (tertiary/aromatic N) is 2. The van der Waals surface area contributed by atoms with Gasteiger partial charge in [-0.25, -0.2) is 0 Å². The van der Waals surface area contributed by atoms with Crippen molar-refractivity contribution in [2.24, 2.45) is 0 Å². The molecule has 14 heavy (non-hydrogen) atoms. The minimum Gasteiger partial charge on any atom is -0.256 e. The van der Waals surface area contributed by atoms with Crippen molar-refractivity contribution in [3.8, 4) is 6.07 Å². The second-order valence-electron chi connectivity index (χ2n) is 2.98. The third-order valence-electron chi connectivity index (χ3n) is 2.04. The van der Waals surface area contributed by atoms with Gasteiger partial charge in [0.15, 0.2) is 0 Å². The van der Waals surface area contributed by atoms with Gasteiger partial charge in [-0.1, -0.05) is 17.7 Å². The largest absolute Gasteiger partial charge is 0.256 e. The van der Waals surface area contributed by atoms with Gasteiger partial charge in [0.1, 0.15) is 0 Å². The van der Waals surface area contributed by atoms with Crippen LogP contribution in [0.4, 0.5) is 0 Å². The van der Waals surface area contributed by atoms with Crippen molar-refractivity contribution in [3.63, 3.8) is 0 Å². The third kappa shape index (κ3) is 1.55. The Balaban J connectivity index is 2.65. The zero-order valence-corrected chi connectivity index (χ0v) is 8.12. The molecule has 0 aliphatic carbocycles. The van der Waals surface area contributed by atoms with Crippen molar-refractivity contribution < 1.29 is 0 Å². The van der Waals surface area contributed by atoms with Crippen LogP contribution in [0, 0.1) is 11.3 Å². The van der Waals surface area contributed by atoms with E-state index in [1.54, 1.807) is 12.3 Å². The molecule has 0 bridgehead atoms. The van der Waals surface area contributed by atoms with Crippen molar-refractivity contribution in [1.82, 2.24) is 4.98 Å². The van der Waals surface area contributed by atoms with Gasteiger partial charge in [-0.3, -0.25) is 4.98 Å². The Hall–Kier alpha value is -1.59. The maximum atomic E-state index is 8.56. The van der Waals surface area contributed by atoms with Gasteiger partial charge in [-0.15, -0.1) is 0 Å². The highest BCUT2D eigenvalue weighted by molar-refractivity contribution is 6.35. The summed E-state index contributed by atoms with van der Waals surface area (Å²) in [6.07, 6.45) is 2.08. The fourth-order valence-electron chi connectivity index (χ4n) is 1.36. The second kappa shape index (κ2) is 3.65. The van der Waals surface area contributed by atoms with Gasteiger partial charge in [-0.05, 0) is 23.8 Å². The second-order valence-corrected chi connectivity index (χ2v) is 3.39. The molecule has 1 aromatic carbocycles. The van der Waals surface area contributed by atoms with Crippen LogP contribution in [0.15, 0.2) is 30.5 Å². The van der Waals surface area contributed by atoms with Crippen LogP contribution in [-0.4, -0.2) is 4.98 Å². The molecule has 2 aromatic rings. The molecule has 2 rings (SSSR count). The number of benzene rings is 1. The Morgan fingerprint density at radius 1 is 1.36 bits per heavy atom. The molecule has 0 atom stereocenters. The lowest BCUT2D eigenvalue weighted by Gasteiger charge is -2.00. The van der Waals surface area contributed by atoms with E-state index in [9.17, 15) is 0 Å². The number of hydrogen-bond donors (Lipinski definition) is 0. The van der Waals surface area contributed by atoms with Gasteiger partial charge in [0.05, 0.1) is 23.0 Å². The molecule has 0 radical (unpaired) electrons. The maximum absolute atomic E-state index is 8.56. The number of fused-ring (bicyclic) bond motifs is 1. The number of aromatic nitrogens is 1. The molecule has 2 nitrogen and oxygen atoms in total. The van der Waals surface area contributed by atoms with Gasteiger partial charge >= 0.3 is 0 Å². The first-order valence-corrected chi connectivity index (χ1v) is 4.59. The fourth-order valence-corrected chi connectivity index (χ4v) is 1.57. The molecule has 0 amide bonds. The summed E-state index contributed by atoms with van der Waals surface area (Å²) in [5.41, 5.74) is 1.83. The van der Waals surface area contributed by atoms with Crippen molar-refractivity contribution in [1.29, 1.82) is 5.26 Å². The van der Waals surface area contributed by atoms with E-state index in [2.05, 4.69) is 11.1 Å². The smallest absolute Gasteiger partial charge is 0.0717 e. The molecule has 0 N–H and O–H groups in total. The molecule has 0 aliphatic heterocycles. The Labute approximate surface area is 86.8 Å². The first-order valence-electron chi connectivity index (χ1n) is 4.21. The summed E-state index contributed by atoms with van der Waals surface area (Å²) in [5, 5.41) is 10.1. The Kier molecular flexibility index (Phi) is 2.34. The monoisotopic (exact) mass is 202 g/mol. The average molecular weight is 203 g/mol. The molecular formula is C11H7ClN2. The van der Waals surface area contributed by atoms with Crippen LogP contribution in [0.25, 0.3) is 10.9 Å². The summed E-state index contributed by atoms with van der Waals surface area (Å²) in [7, 11) is 0. The van der Waals surface area contributed by atoms with E-state index in [0.717, 1.165) is 16.5 Å². The molecular weight excluding hydrogens is 196 g/mol. The van der Waals surface area contributed by atoms with Crippen molar-refractivity contribution in [2.75, 3.05) is 0 Å². The number of halogens is 1. The number of pyridine rings is 1. The number of nitriles is 1. The predicted octanol–water partition coefficient (Wildman–Crippen LogP) is 2.95. The number of hydrogen-bond acceptors (Lipinski definition) is 2. The van der Waals surface area contributed by atoms with Crippen molar-refractivity contribution in [3.05, 3.63) is 41.0 Å². The van der Waals surface area contributed by atoms with Crippen LogP contribution in [0.5, 0.6) is 0 Å². The van der Waals surface area contributed by atoms with E-state index < -0.39 is 0 Å². The summed E-state index contributed by atoms with van der Waals surface area (Å²) in [4.78, 5) is 4.18. The van der Waals surface area contributed by atoms with E-state index >= 15 is 0 Å². The van der Waals surface area contributed by atoms with Gasteiger partial charge in [0.25, 0.3) is 0 Å². The molecule has 1 heterocycles. The van der Waals surface area contributed by atoms with Gasteiger partial charge in [0, 0.05) is 11.6 Å². The summed E-state index contributed by atoms with van der Waals surface area (Å²) in [6, 6.07) is 9.55. The normalized spacial score (nSPS) is 10.0. The van der Waals surface area contributed by atoms with Crippen LogP contribution < -0.4 is 0 Å². The highest BCUT2D eigenvalue weighted by atomic mass is 35.5. The lowest BCUT2D eigenvalue weighted by Crippen LogP contribution is -1.84. The molecule has 0 saturated carbocycles. The van der Waals surface area contributed by atoms with E-state index in [1.807, 2.05) is 18.2 Å². The van der Waals surface area contributed by atoms with Crippen LogP contribution in [0.1, 0.15) is 5.56 Å². The molecule has 0 unspecified atom stereocenters. The highest BCUT2D eigenvalue weighted by Gasteiger charge is 2.00. The first-order chi connectivity index (χ1) is 6.81. The van der Waals surface area contributed by atoms with Crippen molar-refractivity contribution in [2.45, 2.75) is 6.42 Å². The van der Waals surface area contributed by atoms with Crippen LogP contribution in [0.2, 0.25) is 5.02 Å². The summed E-state index contributed by atoms with van der Waals surface area (Å²) >= 11 is 6.01. The standard InChI is InChI=1S/C11H7ClN2/c12-10-4-6-14-11-2-1-8(3-5-13)7-9(10)11/h1-2,4,6-7H,3H2. The summed E-state index contributed by atoms with van der Waals surface area (Å²) < 4.78 is 0. The summed E-state index contributed by atoms with van der Waals surface area (Å²) in [5.74, 6) is 0. The lowest BCUT2D eigenvalue weighted by molar-refractivity contribution is 1.27. The van der Waals surface area contributed by atoms with Gasteiger partial charge in [0.2, 0.25) is 0 Å².